The van der Waals surface area contributed by atoms with E-state index in [1.54, 1.807) is 43.3 Å². The number of esters is 1. The van der Waals surface area contributed by atoms with Gasteiger partial charge in [0.05, 0.1) is 23.7 Å². The van der Waals surface area contributed by atoms with E-state index in [0.717, 1.165) is 5.56 Å². The minimum Gasteiger partial charge on any atom is -0.462 e. The number of hydrogen-bond donors (Lipinski definition) is 0. The Labute approximate surface area is 142 Å². The van der Waals surface area contributed by atoms with Crippen molar-refractivity contribution in [3.63, 3.8) is 0 Å². The second kappa shape index (κ2) is 8.08. The fraction of sp³-hybridized carbons (Fsp3) is 0.278. The topological polar surface area (TPSA) is 69.7 Å². The van der Waals surface area contributed by atoms with Crippen molar-refractivity contribution in [3.05, 3.63) is 65.7 Å². The summed E-state index contributed by atoms with van der Waals surface area (Å²) in [5.74, 6) is -0.693. The van der Waals surface area contributed by atoms with Crippen molar-refractivity contribution in [1.29, 1.82) is 0 Å². The number of aryl methyl sites for hydroxylation is 1. The third-order valence-electron chi connectivity index (χ3n) is 3.33. The van der Waals surface area contributed by atoms with Crippen molar-refractivity contribution in [2.45, 2.75) is 18.7 Å². The summed E-state index contributed by atoms with van der Waals surface area (Å²) in [6.07, 6.45) is 0. The molecule has 0 amide bonds. The van der Waals surface area contributed by atoms with E-state index in [2.05, 4.69) is 0 Å². The quantitative estimate of drug-likeness (QED) is 0.568. The van der Waals surface area contributed by atoms with Crippen LogP contribution in [0.15, 0.2) is 59.5 Å². The lowest BCUT2D eigenvalue weighted by molar-refractivity contribution is 0.0418. The standard InChI is InChI=1S/C18H20O5S/c1-14-8-10-17(11-9-14)24(20,21)23-13-15(2)12-22-18(19)16-6-4-3-5-7-16/h3-11,15H,12-13H2,1-2H3. The molecule has 0 saturated carbocycles. The van der Waals surface area contributed by atoms with Crippen LogP contribution < -0.4 is 0 Å². The van der Waals surface area contributed by atoms with Gasteiger partial charge in [0, 0.05) is 5.92 Å². The lowest BCUT2D eigenvalue weighted by Gasteiger charge is -2.13. The maximum absolute atomic E-state index is 12.1. The van der Waals surface area contributed by atoms with Crippen LogP contribution in [-0.2, 0) is 19.0 Å². The first-order valence-corrected chi connectivity index (χ1v) is 8.97. The summed E-state index contributed by atoms with van der Waals surface area (Å²) in [6, 6.07) is 15.0. The second-order valence-electron chi connectivity index (χ2n) is 5.62. The van der Waals surface area contributed by atoms with E-state index < -0.39 is 16.1 Å². The Kier molecular flexibility index (Phi) is 6.11. The lowest BCUT2D eigenvalue weighted by Crippen LogP contribution is -2.19. The van der Waals surface area contributed by atoms with E-state index in [4.69, 9.17) is 8.92 Å². The minimum atomic E-state index is -3.80. The zero-order valence-electron chi connectivity index (χ0n) is 13.6. The predicted octanol–water partition coefficient (Wildman–Crippen LogP) is 3.19. The molecule has 1 unspecified atom stereocenters. The molecule has 5 nitrogen and oxygen atoms in total. The monoisotopic (exact) mass is 348 g/mol. The Morgan fingerprint density at radius 2 is 1.62 bits per heavy atom. The highest BCUT2D eigenvalue weighted by Gasteiger charge is 2.17. The van der Waals surface area contributed by atoms with Gasteiger partial charge in [-0.05, 0) is 31.2 Å². The van der Waals surface area contributed by atoms with Gasteiger partial charge in [0.15, 0.2) is 0 Å². The number of ether oxygens (including phenoxy) is 1. The Morgan fingerprint density at radius 1 is 1.00 bits per heavy atom. The van der Waals surface area contributed by atoms with Crippen LogP contribution in [0.5, 0.6) is 0 Å². The molecular weight excluding hydrogens is 328 g/mol. The zero-order chi connectivity index (χ0) is 17.6. The molecule has 0 fully saturated rings. The van der Waals surface area contributed by atoms with Gasteiger partial charge in [0.2, 0.25) is 0 Å². The minimum absolute atomic E-state index is 0.0573. The molecule has 6 heteroatoms. The molecule has 0 aromatic heterocycles. The van der Waals surface area contributed by atoms with Gasteiger partial charge in [-0.2, -0.15) is 8.42 Å². The van der Waals surface area contributed by atoms with Gasteiger partial charge in [-0.15, -0.1) is 0 Å². The Balaban J connectivity index is 1.83. The van der Waals surface area contributed by atoms with Gasteiger partial charge >= 0.3 is 5.97 Å². The van der Waals surface area contributed by atoms with Crippen LogP contribution >= 0.6 is 0 Å². The van der Waals surface area contributed by atoms with Crippen molar-refractivity contribution < 1.29 is 22.1 Å². The molecule has 128 valence electrons. The fourth-order valence-corrected chi connectivity index (χ4v) is 2.92. The molecule has 0 N–H and O–H groups in total. The van der Waals surface area contributed by atoms with Crippen molar-refractivity contribution in [3.8, 4) is 0 Å². The molecule has 0 aliphatic heterocycles. The van der Waals surface area contributed by atoms with Gasteiger partial charge in [-0.25, -0.2) is 4.79 Å². The maximum Gasteiger partial charge on any atom is 0.338 e. The molecule has 24 heavy (non-hydrogen) atoms. The van der Waals surface area contributed by atoms with Crippen molar-refractivity contribution in [2.24, 2.45) is 5.92 Å². The van der Waals surface area contributed by atoms with Crippen LogP contribution in [0.4, 0.5) is 0 Å². The Bertz CT molecular complexity index is 767. The molecule has 2 rings (SSSR count). The molecule has 0 aliphatic carbocycles. The summed E-state index contributed by atoms with van der Waals surface area (Å²) < 4.78 is 34.4. The van der Waals surface area contributed by atoms with E-state index in [1.807, 2.05) is 13.0 Å². The molecule has 0 heterocycles. The largest absolute Gasteiger partial charge is 0.462 e. The average Bonchev–Trinajstić information content (AvgIpc) is 2.59. The summed E-state index contributed by atoms with van der Waals surface area (Å²) in [5, 5.41) is 0. The highest BCUT2D eigenvalue weighted by Crippen LogP contribution is 2.14. The van der Waals surface area contributed by atoms with E-state index in [9.17, 15) is 13.2 Å². The van der Waals surface area contributed by atoms with E-state index >= 15 is 0 Å². The molecular formula is C18H20O5S. The highest BCUT2D eigenvalue weighted by atomic mass is 32.2. The third-order valence-corrected chi connectivity index (χ3v) is 4.62. The van der Waals surface area contributed by atoms with Crippen molar-refractivity contribution in [2.75, 3.05) is 13.2 Å². The normalized spacial score (nSPS) is 12.6. The summed E-state index contributed by atoms with van der Waals surface area (Å²) in [4.78, 5) is 11.9. The van der Waals surface area contributed by atoms with Crippen LogP contribution in [-0.4, -0.2) is 27.6 Å². The predicted molar refractivity (Wildman–Crippen MR) is 90.2 cm³/mol. The van der Waals surface area contributed by atoms with Crippen LogP contribution in [0.3, 0.4) is 0 Å². The maximum atomic E-state index is 12.1. The molecule has 0 spiro atoms. The van der Waals surface area contributed by atoms with Gasteiger partial charge in [-0.3, -0.25) is 4.18 Å². The number of carbonyl (C=O) groups excluding carboxylic acids is 1. The Morgan fingerprint density at radius 3 is 2.25 bits per heavy atom. The lowest BCUT2D eigenvalue weighted by atomic mass is 10.2. The van der Waals surface area contributed by atoms with Gasteiger partial charge in [-0.1, -0.05) is 42.8 Å². The van der Waals surface area contributed by atoms with Gasteiger partial charge < -0.3 is 4.74 Å². The number of carbonyl (C=O) groups is 1. The first-order valence-electron chi connectivity index (χ1n) is 7.57. The molecule has 2 aromatic rings. The molecule has 1 atom stereocenters. The van der Waals surface area contributed by atoms with Crippen LogP contribution in [0.25, 0.3) is 0 Å². The summed E-state index contributed by atoms with van der Waals surface area (Å²) in [7, 11) is -3.80. The van der Waals surface area contributed by atoms with Crippen LogP contribution in [0.1, 0.15) is 22.8 Å². The third kappa shape index (κ3) is 5.18. The van der Waals surface area contributed by atoms with Gasteiger partial charge in [0.25, 0.3) is 10.1 Å². The van der Waals surface area contributed by atoms with Crippen molar-refractivity contribution in [1.82, 2.24) is 0 Å². The molecule has 0 radical (unpaired) electrons. The second-order valence-corrected chi connectivity index (χ2v) is 7.24. The zero-order valence-corrected chi connectivity index (χ0v) is 14.5. The number of rotatable bonds is 7. The van der Waals surface area contributed by atoms with E-state index in [0.29, 0.717) is 5.56 Å². The van der Waals surface area contributed by atoms with E-state index in [1.165, 1.54) is 12.1 Å². The molecule has 0 aliphatic rings. The molecule has 0 saturated heterocycles. The average molecular weight is 348 g/mol. The van der Waals surface area contributed by atoms with Crippen LogP contribution in [0.2, 0.25) is 0 Å². The number of hydrogen-bond acceptors (Lipinski definition) is 5. The van der Waals surface area contributed by atoms with E-state index in [-0.39, 0.29) is 24.0 Å². The summed E-state index contributed by atoms with van der Waals surface area (Å²) in [5.41, 5.74) is 1.42. The van der Waals surface area contributed by atoms with Gasteiger partial charge in [0.1, 0.15) is 0 Å². The fourth-order valence-electron chi connectivity index (χ4n) is 1.90. The summed E-state index contributed by atoms with van der Waals surface area (Å²) in [6.45, 7) is 3.65. The number of benzene rings is 2. The first kappa shape index (κ1) is 18.2. The highest BCUT2D eigenvalue weighted by molar-refractivity contribution is 7.86. The first-order chi connectivity index (χ1) is 11.4. The SMILES string of the molecule is Cc1ccc(S(=O)(=O)OCC(C)COC(=O)c2ccccc2)cc1. The smallest absolute Gasteiger partial charge is 0.338 e. The summed E-state index contributed by atoms with van der Waals surface area (Å²) >= 11 is 0. The Hall–Kier alpha value is -2.18. The molecule has 0 bridgehead atoms. The van der Waals surface area contributed by atoms with Crippen molar-refractivity contribution >= 4 is 16.1 Å². The molecule has 2 aromatic carbocycles. The van der Waals surface area contributed by atoms with Crippen LogP contribution in [0, 0.1) is 12.8 Å².